The summed E-state index contributed by atoms with van der Waals surface area (Å²) in [4.78, 5) is 50.2. The van der Waals surface area contributed by atoms with E-state index < -0.39 is 50.6 Å². The van der Waals surface area contributed by atoms with Gasteiger partial charge in [-0.05, 0) is 57.8 Å². The molecule has 1 unspecified atom stereocenters. The highest BCUT2D eigenvalue weighted by molar-refractivity contribution is 7.45. The van der Waals surface area contributed by atoms with Crippen molar-refractivity contribution in [1.29, 1.82) is 0 Å². The van der Waals surface area contributed by atoms with E-state index in [1.54, 1.807) is 12.2 Å². The molecule has 0 spiro atoms. The summed E-state index contributed by atoms with van der Waals surface area (Å²) in [5.41, 5.74) is 0. The number of nitrogens with zero attached hydrogens (tertiary/aromatic N) is 1. The van der Waals surface area contributed by atoms with Crippen molar-refractivity contribution in [1.82, 2.24) is 0 Å². The second-order valence-corrected chi connectivity index (χ2v) is 17.9. The Kier molecular flexibility index (Phi) is 29.4. The van der Waals surface area contributed by atoms with Crippen LogP contribution in [0.2, 0.25) is 0 Å². The normalized spacial score (nSPS) is 19.8. The Balaban J connectivity index is 2.53. The molecular weight excluding hydrogens is 749 g/mol. The van der Waals surface area contributed by atoms with Gasteiger partial charge in [-0.1, -0.05) is 108 Å². The van der Waals surface area contributed by atoms with Gasteiger partial charge in [0.25, 0.3) is 7.82 Å². The van der Waals surface area contributed by atoms with E-state index in [2.05, 4.69) is 26.0 Å². The lowest BCUT2D eigenvalue weighted by Crippen LogP contribution is -2.37. The Bertz CT molecular complexity index is 1230. The summed E-state index contributed by atoms with van der Waals surface area (Å²) in [7, 11) is 1.01. The van der Waals surface area contributed by atoms with Gasteiger partial charge >= 0.3 is 11.9 Å². The number of allylic oxidation sites excluding steroid dienone is 5. The van der Waals surface area contributed by atoms with Crippen molar-refractivity contribution in [2.24, 2.45) is 11.8 Å². The number of Topliss-reactive ketones (excluding diaryl/α,β-unsaturated/α-hetero) is 1. The first kappa shape index (κ1) is 52.8. The van der Waals surface area contributed by atoms with Crippen molar-refractivity contribution >= 4 is 25.5 Å². The van der Waals surface area contributed by atoms with E-state index in [-0.39, 0.29) is 44.2 Å². The number of quaternary nitrogens is 1. The van der Waals surface area contributed by atoms with E-state index in [1.807, 2.05) is 33.3 Å². The van der Waals surface area contributed by atoms with Crippen molar-refractivity contribution in [2.75, 3.05) is 47.5 Å². The molecule has 1 saturated carbocycles. The van der Waals surface area contributed by atoms with Crippen molar-refractivity contribution in [3.05, 3.63) is 36.5 Å². The largest absolute Gasteiger partial charge is 0.756 e. The third-order valence-electron chi connectivity index (χ3n) is 10.0. The van der Waals surface area contributed by atoms with Crippen molar-refractivity contribution < 1.29 is 57.1 Å². The van der Waals surface area contributed by atoms with Gasteiger partial charge in [-0.2, -0.15) is 0 Å². The van der Waals surface area contributed by atoms with E-state index in [9.17, 15) is 34.1 Å². The highest BCUT2D eigenvalue weighted by Crippen LogP contribution is 2.38. The van der Waals surface area contributed by atoms with Crippen LogP contribution in [-0.2, 0) is 37.5 Å². The zero-order valence-corrected chi connectivity index (χ0v) is 36.9. The lowest BCUT2D eigenvalue weighted by Gasteiger charge is -2.28. The number of rotatable bonds is 35. The molecule has 0 heterocycles. The molecule has 0 bridgehead atoms. The number of unbranched alkanes of at least 4 members (excludes halogenated alkanes) is 12. The van der Waals surface area contributed by atoms with Crippen LogP contribution < -0.4 is 4.89 Å². The van der Waals surface area contributed by atoms with Crippen LogP contribution in [0.25, 0.3) is 0 Å². The molecule has 1 fully saturated rings. The van der Waals surface area contributed by atoms with Crippen LogP contribution in [0, 0.1) is 11.8 Å². The lowest BCUT2D eigenvalue weighted by atomic mass is 9.90. The molecule has 1 aliphatic carbocycles. The first-order chi connectivity index (χ1) is 27.2. The van der Waals surface area contributed by atoms with Gasteiger partial charge in [-0.25, -0.2) is 0 Å². The summed E-state index contributed by atoms with van der Waals surface area (Å²) in [6, 6.07) is 0. The number of ether oxygens (including phenoxy) is 2. The summed E-state index contributed by atoms with van der Waals surface area (Å²) in [5.74, 6) is -1.78. The predicted molar refractivity (Wildman–Crippen MR) is 223 cm³/mol. The standard InChI is InChI=1S/C44H78NO11P/c1-6-8-10-11-12-13-14-15-16-17-18-19-25-29-44(50)56-38(36-55-57(51,52)54-33-32-45(3,4)5)35-53-43(49)28-24-21-20-23-27-39-40(42(48)34-41(39)47)31-30-37(46)26-22-9-7-2/h13-14,20,23,30-31,37-41,46-47H,6-12,15-19,21-22,24-29,32-36H2,1-5H3/b14-13-,23-20-,31-30+/t37-,38+,39+,40+,41-/m0/s1. The van der Waals surface area contributed by atoms with Crippen LogP contribution in [0.4, 0.5) is 0 Å². The molecule has 2 N–H and O–H groups in total. The molecule has 0 saturated heterocycles. The maximum atomic E-state index is 12.7. The van der Waals surface area contributed by atoms with Crippen LogP contribution in [0.3, 0.4) is 0 Å². The second-order valence-electron chi connectivity index (χ2n) is 16.5. The molecule has 1 aliphatic rings. The van der Waals surface area contributed by atoms with E-state index in [4.69, 9.17) is 18.5 Å². The Labute approximate surface area is 344 Å². The van der Waals surface area contributed by atoms with E-state index in [0.717, 1.165) is 57.8 Å². The molecule has 0 aromatic heterocycles. The Hall–Kier alpha value is -2.18. The number of esters is 2. The van der Waals surface area contributed by atoms with E-state index >= 15 is 0 Å². The van der Waals surface area contributed by atoms with E-state index in [1.165, 1.54) is 25.7 Å². The molecular formula is C44H78NO11P. The number of likely N-dealkylation sites (N-methyl/N-ethyl adjacent to an activating group) is 1. The Morgan fingerprint density at radius 2 is 1.42 bits per heavy atom. The number of aliphatic hydroxyl groups is 2. The smallest absolute Gasteiger partial charge is 0.306 e. The van der Waals surface area contributed by atoms with Gasteiger partial charge in [-0.15, -0.1) is 0 Å². The highest BCUT2D eigenvalue weighted by Gasteiger charge is 2.39. The number of hydrogen-bond donors (Lipinski definition) is 2. The molecule has 330 valence electrons. The molecule has 6 atom stereocenters. The summed E-state index contributed by atoms with van der Waals surface area (Å²) in [5, 5.41) is 20.7. The molecule has 0 radical (unpaired) electrons. The van der Waals surface area contributed by atoms with Crippen LogP contribution in [-0.4, -0.2) is 98.2 Å². The van der Waals surface area contributed by atoms with Gasteiger partial charge in [0.05, 0.1) is 40.0 Å². The van der Waals surface area contributed by atoms with Crippen LogP contribution in [0.15, 0.2) is 36.5 Å². The van der Waals surface area contributed by atoms with Crippen molar-refractivity contribution in [3.63, 3.8) is 0 Å². The molecule has 1 rings (SSSR count). The highest BCUT2D eigenvalue weighted by atomic mass is 31.2. The molecule has 12 nitrogen and oxygen atoms in total. The molecule has 0 aromatic carbocycles. The zero-order chi connectivity index (χ0) is 42.4. The van der Waals surface area contributed by atoms with Crippen LogP contribution in [0.5, 0.6) is 0 Å². The van der Waals surface area contributed by atoms with Gasteiger partial charge in [0.2, 0.25) is 0 Å². The topological polar surface area (TPSA) is 169 Å². The zero-order valence-electron chi connectivity index (χ0n) is 36.0. The summed E-state index contributed by atoms with van der Waals surface area (Å²) < 4.78 is 33.8. The number of ketones is 1. The van der Waals surface area contributed by atoms with Crippen molar-refractivity contribution in [2.45, 2.75) is 167 Å². The first-order valence-electron chi connectivity index (χ1n) is 21.8. The molecule has 57 heavy (non-hydrogen) atoms. The summed E-state index contributed by atoms with van der Waals surface area (Å²) in [6.07, 6.45) is 26.8. The minimum Gasteiger partial charge on any atom is -0.756 e. The fraction of sp³-hybridized carbons (Fsp3) is 0.795. The number of aliphatic hydroxyl groups excluding tert-OH is 2. The third kappa shape index (κ3) is 28.8. The summed E-state index contributed by atoms with van der Waals surface area (Å²) >= 11 is 0. The van der Waals surface area contributed by atoms with Gasteiger partial charge < -0.3 is 38.1 Å². The van der Waals surface area contributed by atoms with Crippen LogP contribution in [0.1, 0.15) is 149 Å². The van der Waals surface area contributed by atoms with E-state index in [0.29, 0.717) is 43.1 Å². The second kappa shape index (κ2) is 31.7. The number of carbonyl (C=O) groups is 3. The Morgan fingerprint density at radius 1 is 0.825 bits per heavy atom. The van der Waals surface area contributed by atoms with Gasteiger partial charge in [0, 0.05) is 31.1 Å². The maximum absolute atomic E-state index is 12.7. The van der Waals surface area contributed by atoms with Crippen LogP contribution >= 0.6 is 7.82 Å². The fourth-order valence-corrected chi connectivity index (χ4v) is 7.18. The monoisotopic (exact) mass is 828 g/mol. The first-order valence-corrected chi connectivity index (χ1v) is 23.3. The average molecular weight is 828 g/mol. The van der Waals surface area contributed by atoms with Gasteiger partial charge in [0.1, 0.15) is 25.5 Å². The molecule has 13 heteroatoms. The third-order valence-corrected chi connectivity index (χ3v) is 11.0. The maximum Gasteiger partial charge on any atom is 0.306 e. The SMILES string of the molecule is CCCCCC/C=C\CCCCCCCC(=O)O[C@H](COC(=O)CCC/C=C\C[C@H]1[C@@H](O)CC(=O)[C@@H]1/C=C/[C@@H](O)CCCCC)COP(=O)([O-])OCC[N+](C)(C)C. The number of hydrogen-bond acceptors (Lipinski definition) is 11. The fourth-order valence-electron chi connectivity index (χ4n) is 6.45. The Morgan fingerprint density at radius 3 is 2.11 bits per heavy atom. The number of phosphoric acid groups is 1. The molecule has 0 amide bonds. The minimum atomic E-state index is -4.69. The van der Waals surface area contributed by atoms with Crippen molar-refractivity contribution in [3.8, 4) is 0 Å². The minimum absolute atomic E-state index is 0.0295. The molecule has 0 aliphatic heterocycles. The average Bonchev–Trinajstić information content (AvgIpc) is 3.41. The molecule has 0 aromatic rings. The number of carbonyl (C=O) groups excluding carboxylic acids is 3. The summed E-state index contributed by atoms with van der Waals surface area (Å²) in [6.45, 7) is 3.77. The lowest BCUT2D eigenvalue weighted by molar-refractivity contribution is -0.870. The van der Waals surface area contributed by atoms with Gasteiger partial charge in [-0.3, -0.25) is 18.9 Å². The van der Waals surface area contributed by atoms with Gasteiger partial charge in [0.15, 0.2) is 6.10 Å². The quantitative estimate of drug-likeness (QED) is 0.0208. The predicted octanol–water partition coefficient (Wildman–Crippen LogP) is 8.09. The number of phosphoric ester groups is 1.